The lowest BCUT2D eigenvalue weighted by Gasteiger charge is -2.13. The minimum atomic E-state index is -3.89. The molecule has 0 aliphatic rings. The van der Waals surface area contributed by atoms with Gasteiger partial charge in [-0.1, -0.05) is 23.8 Å². The van der Waals surface area contributed by atoms with E-state index in [0.29, 0.717) is 11.5 Å². The van der Waals surface area contributed by atoms with E-state index >= 15 is 0 Å². The first-order valence-electron chi connectivity index (χ1n) is 7.71. The van der Waals surface area contributed by atoms with Crippen molar-refractivity contribution in [1.82, 2.24) is 0 Å². The lowest BCUT2D eigenvalue weighted by atomic mass is 10.1. The summed E-state index contributed by atoms with van der Waals surface area (Å²) in [5, 5.41) is 10.1. The van der Waals surface area contributed by atoms with Gasteiger partial charge in [0.25, 0.3) is 10.1 Å². The molecule has 0 spiro atoms. The zero-order valence-electron chi connectivity index (χ0n) is 14.4. The van der Waals surface area contributed by atoms with Crippen molar-refractivity contribution >= 4 is 10.1 Å². The van der Waals surface area contributed by atoms with Crippen molar-refractivity contribution in [3.8, 4) is 11.5 Å². The summed E-state index contributed by atoms with van der Waals surface area (Å²) in [6.45, 7) is 1.54. The summed E-state index contributed by atoms with van der Waals surface area (Å²) >= 11 is 0. The fraction of sp³-hybridized carbons (Fsp3) is 0.333. The molecule has 0 amide bonds. The molecule has 0 fully saturated rings. The quantitative estimate of drug-likeness (QED) is 0.722. The molecule has 2 aromatic carbocycles. The van der Waals surface area contributed by atoms with E-state index in [1.54, 1.807) is 30.3 Å². The lowest BCUT2D eigenvalue weighted by Crippen LogP contribution is -2.21. The van der Waals surface area contributed by atoms with Crippen LogP contribution in [0.2, 0.25) is 0 Å². The van der Waals surface area contributed by atoms with Crippen LogP contribution in [0.4, 0.5) is 0 Å². The van der Waals surface area contributed by atoms with Crippen molar-refractivity contribution in [3.05, 3.63) is 53.6 Å². The smallest absolute Gasteiger partial charge is 0.297 e. The fourth-order valence-corrected chi connectivity index (χ4v) is 3.22. The van der Waals surface area contributed by atoms with Gasteiger partial charge in [-0.05, 0) is 36.8 Å². The molecule has 0 aliphatic heterocycles. The molecule has 25 heavy (non-hydrogen) atoms. The van der Waals surface area contributed by atoms with Crippen LogP contribution in [-0.4, -0.2) is 40.5 Å². The molecule has 6 nitrogen and oxygen atoms in total. The summed E-state index contributed by atoms with van der Waals surface area (Å²) in [6, 6.07) is 11.6. The molecule has 0 saturated heterocycles. The molecule has 0 bridgehead atoms. The van der Waals surface area contributed by atoms with Crippen molar-refractivity contribution in [2.24, 2.45) is 0 Å². The highest BCUT2D eigenvalue weighted by Gasteiger charge is 2.18. The highest BCUT2D eigenvalue weighted by atomic mass is 32.2. The molecule has 1 N–H and O–H groups in total. The number of hydrogen-bond donors (Lipinski definition) is 1. The van der Waals surface area contributed by atoms with E-state index in [0.717, 1.165) is 11.1 Å². The first-order chi connectivity index (χ1) is 11.9. The summed E-state index contributed by atoms with van der Waals surface area (Å²) in [5.41, 5.74) is 1.73. The number of benzene rings is 2. The van der Waals surface area contributed by atoms with Gasteiger partial charge in [-0.25, -0.2) is 0 Å². The molecular weight excluding hydrogens is 344 g/mol. The van der Waals surface area contributed by atoms with E-state index in [9.17, 15) is 13.5 Å². The van der Waals surface area contributed by atoms with Crippen LogP contribution >= 0.6 is 0 Å². The number of aliphatic hydroxyl groups is 1. The van der Waals surface area contributed by atoms with Gasteiger partial charge in [0.15, 0.2) is 11.5 Å². The number of hydrogen-bond acceptors (Lipinski definition) is 6. The average molecular weight is 366 g/mol. The van der Waals surface area contributed by atoms with Gasteiger partial charge < -0.3 is 14.6 Å². The minimum Gasteiger partial charge on any atom is -0.493 e. The number of methoxy groups -OCH3 is 2. The minimum absolute atomic E-state index is 0.0661. The molecule has 0 heterocycles. The Morgan fingerprint density at radius 3 is 2.24 bits per heavy atom. The molecule has 136 valence electrons. The van der Waals surface area contributed by atoms with Crippen LogP contribution in [0, 0.1) is 6.92 Å². The average Bonchev–Trinajstić information content (AvgIpc) is 2.60. The number of aliphatic hydroxyl groups excluding tert-OH is 1. The zero-order chi connectivity index (χ0) is 18.4. The van der Waals surface area contributed by atoms with Crippen molar-refractivity contribution < 1.29 is 27.2 Å². The van der Waals surface area contributed by atoms with Crippen molar-refractivity contribution in [1.29, 1.82) is 0 Å². The molecule has 0 aromatic heterocycles. The summed E-state index contributed by atoms with van der Waals surface area (Å²) in [6.07, 6.45) is -0.748. The van der Waals surface area contributed by atoms with E-state index in [-0.39, 0.29) is 17.9 Å². The van der Waals surface area contributed by atoms with E-state index in [1.165, 1.54) is 26.4 Å². The molecule has 0 aliphatic carbocycles. The van der Waals surface area contributed by atoms with Crippen LogP contribution in [0.15, 0.2) is 47.4 Å². The summed E-state index contributed by atoms with van der Waals surface area (Å²) in [7, 11) is -0.832. The molecule has 2 aromatic rings. The first kappa shape index (κ1) is 19.2. The molecule has 0 unspecified atom stereocenters. The van der Waals surface area contributed by atoms with Crippen LogP contribution in [0.5, 0.6) is 11.5 Å². The number of ether oxygens (including phenoxy) is 2. The van der Waals surface area contributed by atoms with Crippen molar-refractivity contribution in [3.63, 3.8) is 0 Å². The van der Waals surface area contributed by atoms with Crippen molar-refractivity contribution in [2.45, 2.75) is 24.3 Å². The second-order valence-electron chi connectivity index (χ2n) is 5.60. The topological polar surface area (TPSA) is 82.1 Å². The Labute approximate surface area is 148 Å². The van der Waals surface area contributed by atoms with Crippen molar-refractivity contribution in [2.75, 3.05) is 20.8 Å². The van der Waals surface area contributed by atoms with Crippen LogP contribution < -0.4 is 9.47 Å². The monoisotopic (exact) mass is 366 g/mol. The lowest BCUT2D eigenvalue weighted by molar-refractivity contribution is 0.110. The third-order valence-electron chi connectivity index (χ3n) is 3.64. The zero-order valence-corrected chi connectivity index (χ0v) is 15.2. The molecule has 0 saturated carbocycles. The maximum atomic E-state index is 12.1. The van der Waals surface area contributed by atoms with Gasteiger partial charge in [0.1, 0.15) is 0 Å². The summed E-state index contributed by atoms with van der Waals surface area (Å²) in [4.78, 5) is 0.0661. The Morgan fingerprint density at radius 2 is 1.64 bits per heavy atom. The Kier molecular flexibility index (Phi) is 6.41. The van der Waals surface area contributed by atoms with Gasteiger partial charge in [0.05, 0.1) is 31.8 Å². The van der Waals surface area contributed by atoms with E-state index in [4.69, 9.17) is 13.7 Å². The predicted molar refractivity (Wildman–Crippen MR) is 93.6 cm³/mol. The third-order valence-corrected chi connectivity index (χ3v) is 4.94. The summed E-state index contributed by atoms with van der Waals surface area (Å²) in [5.74, 6) is 1.12. The normalized spacial score (nSPS) is 12.6. The van der Waals surface area contributed by atoms with Crippen LogP contribution in [0.1, 0.15) is 11.1 Å². The van der Waals surface area contributed by atoms with Gasteiger partial charge in [-0.15, -0.1) is 0 Å². The third kappa shape index (κ3) is 5.19. The highest BCUT2D eigenvalue weighted by Crippen LogP contribution is 2.28. The summed E-state index contributed by atoms with van der Waals surface area (Å²) < 4.78 is 39.5. The molecule has 1 atom stereocenters. The Morgan fingerprint density at radius 1 is 1.00 bits per heavy atom. The van der Waals surface area contributed by atoms with Crippen LogP contribution in [0.3, 0.4) is 0 Å². The molecular formula is C18H22O6S. The van der Waals surface area contributed by atoms with E-state index in [2.05, 4.69) is 0 Å². The largest absolute Gasteiger partial charge is 0.493 e. The second kappa shape index (κ2) is 8.33. The Balaban J connectivity index is 1.98. The van der Waals surface area contributed by atoms with Gasteiger partial charge >= 0.3 is 0 Å². The van der Waals surface area contributed by atoms with Gasteiger partial charge in [-0.3, -0.25) is 4.18 Å². The second-order valence-corrected chi connectivity index (χ2v) is 7.21. The molecule has 2 rings (SSSR count). The van der Waals surface area contributed by atoms with E-state index < -0.39 is 16.2 Å². The maximum absolute atomic E-state index is 12.1. The highest BCUT2D eigenvalue weighted by molar-refractivity contribution is 7.86. The Bertz CT molecular complexity index is 799. The van der Waals surface area contributed by atoms with Crippen LogP contribution in [-0.2, 0) is 20.7 Å². The van der Waals surface area contributed by atoms with Gasteiger partial charge in [-0.2, -0.15) is 8.42 Å². The predicted octanol–water partition coefficient (Wildman–Crippen LogP) is 2.32. The van der Waals surface area contributed by atoms with Gasteiger partial charge in [0.2, 0.25) is 0 Å². The molecule has 0 radical (unpaired) electrons. The van der Waals surface area contributed by atoms with Gasteiger partial charge in [0, 0.05) is 6.42 Å². The number of aryl methyl sites for hydroxylation is 1. The number of rotatable bonds is 8. The first-order valence-corrected chi connectivity index (χ1v) is 9.11. The standard InChI is InChI=1S/C18H22O6S/c1-13-4-7-16(8-5-13)25(20,21)24-12-15(19)10-14-6-9-17(22-2)18(11-14)23-3/h4-9,11,15,19H,10,12H2,1-3H3/t15-/m1/s1. The fourth-order valence-electron chi connectivity index (χ4n) is 2.28. The molecule has 7 heteroatoms. The maximum Gasteiger partial charge on any atom is 0.297 e. The van der Waals surface area contributed by atoms with E-state index in [1.807, 2.05) is 6.92 Å². The SMILES string of the molecule is COc1ccc(C[C@@H](O)COS(=O)(=O)c2ccc(C)cc2)cc1OC. The van der Waals surface area contributed by atoms with Crippen LogP contribution in [0.25, 0.3) is 0 Å². The Hall–Kier alpha value is -2.09.